The van der Waals surface area contributed by atoms with Crippen molar-refractivity contribution in [1.82, 2.24) is 9.88 Å². The van der Waals surface area contributed by atoms with E-state index in [9.17, 15) is 9.59 Å². The van der Waals surface area contributed by atoms with Crippen LogP contribution in [0.25, 0.3) is 0 Å². The van der Waals surface area contributed by atoms with Gasteiger partial charge in [-0.3, -0.25) is 4.79 Å². The molecule has 5 heteroatoms. The van der Waals surface area contributed by atoms with Gasteiger partial charge in [0, 0.05) is 13.1 Å². The number of aromatic nitrogens is 1. The highest BCUT2D eigenvalue weighted by atomic mass is 16.5. The van der Waals surface area contributed by atoms with Gasteiger partial charge in [0.15, 0.2) is 0 Å². The van der Waals surface area contributed by atoms with Gasteiger partial charge >= 0.3 is 5.97 Å². The van der Waals surface area contributed by atoms with Crippen LogP contribution in [0, 0.1) is 5.92 Å². The SMILES string of the molecule is COC(=O)c1cccc(C(=O)N2CCC(C)CC2)n1. The number of carbonyl (C=O) groups excluding carboxylic acids is 2. The van der Waals surface area contributed by atoms with Crippen molar-refractivity contribution in [3.05, 3.63) is 29.6 Å². The van der Waals surface area contributed by atoms with Crippen LogP contribution in [0.5, 0.6) is 0 Å². The van der Waals surface area contributed by atoms with E-state index in [-0.39, 0.29) is 11.6 Å². The van der Waals surface area contributed by atoms with E-state index in [4.69, 9.17) is 0 Å². The van der Waals surface area contributed by atoms with Crippen LogP contribution in [0.15, 0.2) is 18.2 Å². The Labute approximate surface area is 112 Å². The molecule has 1 fully saturated rings. The van der Waals surface area contributed by atoms with E-state index in [2.05, 4.69) is 16.6 Å². The fraction of sp³-hybridized carbons (Fsp3) is 0.500. The lowest BCUT2D eigenvalue weighted by atomic mass is 9.99. The zero-order valence-corrected chi connectivity index (χ0v) is 11.3. The molecule has 0 atom stereocenters. The smallest absolute Gasteiger partial charge is 0.356 e. The first kappa shape index (κ1) is 13.5. The molecule has 2 heterocycles. The van der Waals surface area contributed by atoms with E-state index in [1.165, 1.54) is 7.11 Å². The van der Waals surface area contributed by atoms with Gasteiger partial charge in [0.25, 0.3) is 5.91 Å². The minimum atomic E-state index is -0.526. The number of pyridine rings is 1. The molecule has 1 aliphatic rings. The molecule has 1 amide bonds. The number of esters is 1. The number of hydrogen-bond donors (Lipinski definition) is 0. The van der Waals surface area contributed by atoms with Gasteiger partial charge in [-0.25, -0.2) is 9.78 Å². The van der Waals surface area contributed by atoms with Gasteiger partial charge in [-0.2, -0.15) is 0 Å². The summed E-state index contributed by atoms with van der Waals surface area (Å²) in [5.74, 6) is 0.0259. The predicted molar refractivity (Wildman–Crippen MR) is 69.9 cm³/mol. The van der Waals surface area contributed by atoms with Crippen molar-refractivity contribution >= 4 is 11.9 Å². The average molecular weight is 262 g/mol. The van der Waals surface area contributed by atoms with E-state index in [0.717, 1.165) is 25.9 Å². The summed E-state index contributed by atoms with van der Waals surface area (Å²) >= 11 is 0. The maximum absolute atomic E-state index is 12.3. The number of rotatable bonds is 2. The van der Waals surface area contributed by atoms with Crippen molar-refractivity contribution in [3.63, 3.8) is 0 Å². The van der Waals surface area contributed by atoms with Crippen LogP contribution in [-0.4, -0.2) is 42.0 Å². The highest BCUT2D eigenvalue weighted by molar-refractivity contribution is 5.94. The first-order chi connectivity index (χ1) is 9.11. The topological polar surface area (TPSA) is 59.5 Å². The van der Waals surface area contributed by atoms with Crippen molar-refractivity contribution in [2.75, 3.05) is 20.2 Å². The summed E-state index contributed by atoms with van der Waals surface area (Å²) in [5, 5.41) is 0. The van der Waals surface area contributed by atoms with Gasteiger partial charge < -0.3 is 9.64 Å². The summed E-state index contributed by atoms with van der Waals surface area (Å²) in [6.07, 6.45) is 2.03. The largest absolute Gasteiger partial charge is 0.464 e. The van der Waals surface area contributed by atoms with E-state index in [0.29, 0.717) is 11.6 Å². The van der Waals surface area contributed by atoms with Gasteiger partial charge in [-0.15, -0.1) is 0 Å². The summed E-state index contributed by atoms with van der Waals surface area (Å²) in [7, 11) is 1.30. The molecule has 1 aromatic rings. The zero-order chi connectivity index (χ0) is 13.8. The summed E-state index contributed by atoms with van der Waals surface area (Å²) in [6.45, 7) is 3.70. The second-order valence-electron chi connectivity index (χ2n) is 4.87. The Morgan fingerprint density at radius 2 is 1.89 bits per heavy atom. The van der Waals surface area contributed by atoms with Crippen molar-refractivity contribution < 1.29 is 14.3 Å². The van der Waals surface area contributed by atoms with Crippen molar-refractivity contribution in [1.29, 1.82) is 0 Å². The molecule has 0 aliphatic carbocycles. The third kappa shape index (κ3) is 3.10. The standard InChI is InChI=1S/C14H18N2O3/c1-10-6-8-16(9-7-10)13(17)11-4-3-5-12(15-11)14(18)19-2/h3-5,10H,6-9H2,1-2H3. The van der Waals surface area contributed by atoms with Crippen LogP contribution in [0.4, 0.5) is 0 Å². The maximum atomic E-state index is 12.3. The molecular formula is C14H18N2O3. The second kappa shape index (κ2) is 5.82. The van der Waals surface area contributed by atoms with Crippen molar-refractivity contribution in [2.24, 2.45) is 5.92 Å². The zero-order valence-electron chi connectivity index (χ0n) is 11.3. The number of amides is 1. The molecule has 0 bridgehead atoms. The van der Waals surface area contributed by atoms with Gasteiger partial charge in [-0.05, 0) is 30.9 Å². The molecule has 0 radical (unpaired) electrons. The second-order valence-corrected chi connectivity index (χ2v) is 4.87. The average Bonchev–Trinajstić information content (AvgIpc) is 2.46. The lowest BCUT2D eigenvalue weighted by Crippen LogP contribution is -2.38. The molecular weight excluding hydrogens is 244 g/mol. The summed E-state index contributed by atoms with van der Waals surface area (Å²) in [5.41, 5.74) is 0.469. The van der Waals surface area contributed by atoms with E-state index >= 15 is 0 Å². The molecule has 1 aromatic heterocycles. The first-order valence-electron chi connectivity index (χ1n) is 6.46. The van der Waals surface area contributed by atoms with Crippen LogP contribution in [0.1, 0.15) is 40.7 Å². The van der Waals surface area contributed by atoms with Crippen LogP contribution in [0.3, 0.4) is 0 Å². The molecule has 0 unspecified atom stereocenters. The Balaban J connectivity index is 2.13. The summed E-state index contributed by atoms with van der Waals surface area (Å²) < 4.78 is 4.60. The monoisotopic (exact) mass is 262 g/mol. The number of hydrogen-bond acceptors (Lipinski definition) is 4. The quantitative estimate of drug-likeness (QED) is 0.762. The fourth-order valence-corrected chi connectivity index (χ4v) is 2.15. The number of carbonyl (C=O) groups is 2. The van der Waals surface area contributed by atoms with E-state index < -0.39 is 5.97 Å². The molecule has 0 spiro atoms. The number of ether oxygens (including phenoxy) is 1. The predicted octanol–water partition coefficient (Wildman–Crippen LogP) is 1.74. The molecule has 2 rings (SSSR count). The Bertz CT molecular complexity index is 479. The number of piperidine rings is 1. The number of likely N-dealkylation sites (tertiary alicyclic amines) is 1. The lowest BCUT2D eigenvalue weighted by Gasteiger charge is -2.30. The van der Waals surface area contributed by atoms with Crippen LogP contribution in [0.2, 0.25) is 0 Å². The van der Waals surface area contributed by atoms with Crippen molar-refractivity contribution in [3.8, 4) is 0 Å². The third-order valence-corrected chi connectivity index (χ3v) is 3.43. The Morgan fingerprint density at radius 1 is 1.26 bits per heavy atom. The Morgan fingerprint density at radius 3 is 2.53 bits per heavy atom. The van der Waals surface area contributed by atoms with Crippen LogP contribution < -0.4 is 0 Å². The van der Waals surface area contributed by atoms with Crippen molar-refractivity contribution in [2.45, 2.75) is 19.8 Å². The van der Waals surface area contributed by atoms with Gasteiger partial charge in [0.05, 0.1) is 7.11 Å². The Hall–Kier alpha value is -1.91. The Kier molecular flexibility index (Phi) is 4.14. The molecule has 102 valence electrons. The molecule has 0 N–H and O–H groups in total. The summed E-state index contributed by atoms with van der Waals surface area (Å²) in [6, 6.07) is 4.83. The van der Waals surface area contributed by atoms with Crippen LogP contribution >= 0.6 is 0 Å². The van der Waals surface area contributed by atoms with Crippen LogP contribution in [-0.2, 0) is 4.74 Å². The fourth-order valence-electron chi connectivity index (χ4n) is 2.15. The minimum absolute atomic E-state index is 0.113. The molecule has 1 saturated heterocycles. The lowest BCUT2D eigenvalue weighted by molar-refractivity contribution is 0.0593. The highest BCUT2D eigenvalue weighted by Crippen LogP contribution is 2.17. The molecule has 0 saturated carbocycles. The summed E-state index contributed by atoms with van der Waals surface area (Å²) in [4.78, 5) is 29.5. The van der Waals surface area contributed by atoms with E-state index in [1.807, 2.05) is 0 Å². The molecule has 0 aromatic carbocycles. The van der Waals surface area contributed by atoms with Gasteiger partial charge in [-0.1, -0.05) is 13.0 Å². The highest BCUT2D eigenvalue weighted by Gasteiger charge is 2.22. The normalized spacial score (nSPS) is 16.2. The molecule has 5 nitrogen and oxygen atoms in total. The van der Waals surface area contributed by atoms with E-state index in [1.54, 1.807) is 23.1 Å². The number of methoxy groups -OCH3 is 1. The first-order valence-corrected chi connectivity index (χ1v) is 6.46. The third-order valence-electron chi connectivity index (χ3n) is 3.43. The number of nitrogens with zero attached hydrogens (tertiary/aromatic N) is 2. The van der Waals surface area contributed by atoms with Gasteiger partial charge in [0.1, 0.15) is 11.4 Å². The van der Waals surface area contributed by atoms with Gasteiger partial charge in [0.2, 0.25) is 0 Å². The molecule has 1 aliphatic heterocycles. The maximum Gasteiger partial charge on any atom is 0.356 e. The minimum Gasteiger partial charge on any atom is -0.464 e. The molecule has 19 heavy (non-hydrogen) atoms.